The third-order valence-corrected chi connectivity index (χ3v) is 5.83. The third-order valence-electron chi connectivity index (χ3n) is 3.70. The van der Waals surface area contributed by atoms with Gasteiger partial charge in [0.2, 0.25) is 0 Å². The molecular weight excluding hydrogens is 294 g/mol. The van der Waals surface area contributed by atoms with E-state index in [0.29, 0.717) is 24.5 Å². The molecule has 1 aromatic heterocycles. The van der Waals surface area contributed by atoms with Gasteiger partial charge in [0.25, 0.3) is 0 Å². The molecule has 0 aromatic carbocycles. The summed E-state index contributed by atoms with van der Waals surface area (Å²) in [5, 5.41) is 14.8. The highest BCUT2D eigenvalue weighted by molar-refractivity contribution is 7.92. The molecule has 0 aliphatic rings. The molecule has 122 valence electrons. The topological polar surface area (TPSA) is 84.7 Å². The van der Waals surface area contributed by atoms with E-state index in [-0.39, 0.29) is 0 Å². The van der Waals surface area contributed by atoms with Crippen LogP contribution in [0.25, 0.3) is 0 Å². The highest BCUT2D eigenvalue weighted by Gasteiger charge is 2.42. The number of methoxy groups -OCH3 is 1. The van der Waals surface area contributed by atoms with E-state index in [1.807, 2.05) is 19.0 Å². The molecule has 1 rings (SSSR count). The van der Waals surface area contributed by atoms with Gasteiger partial charge in [-0.15, -0.1) is 0 Å². The van der Waals surface area contributed by atoms with Gasteiger partial charge < -0.3 is 14.7 Å². The summed E-state index contributed by atoms with van der Waals surface area (Å²) in [5.41, 5.74) is 0.384. The Morgan fingerprint density at radius 3 is 2.48 bits per heavy atom. The second-order valence-electron chi connectivity index (χ2n) is 5.90. The number of nitrogens with zero attached hydrogens (tertiary/aromatic N) is 3. The lowest BCUT2D eigenvalue weighted by molar-refractivity contribution is 0.125. The summed E-state index contributed by atoms with van der Waals surface area (Å²) in [6, 6.07) is 0. The molecule has 0 spiro atoms. The largest absolute Gasteiger partial charge is 0.493 e. The zero-order valence-electron chi connectivity index (χ0n) is 13.5. The van der Waals surface area contributed by atoms with Crippen LogP contribution in [0.4, 0.5) is 0 Å². The maximum absolute atomic E-state index is 11.9. The zero-order chi connectivity index (χ0) is 16.4. The predicted octanol–water partition coefficient (Wildman–Crippen LogP) is 0.310. The Balaban J connectivity index is 3.24. The number of hydrogen-bond acceptors (Lipinski definition) is 6. The van der Waals surface area contributed by atoms with Crippen molar-refractivity contribution < 1.29 is 18.3 Å². The van der Waals surface area contributed by atoms with E-state index in [2.05, 4.69) is 5.10 Å². The molecule has 1 N–H and O–H groups in total. The molecule has 8 heteroatoms. The second-order valence-corrected chi connectivity index (χ2v) is 8.50. The molecule has 0 saturated heterocycles. The Hall–Kier alpha value is -1.12. The summed E-state index contributed by atoms with van der Waals surface area (Å²) in [7, 11) is 1.87. The van der Waals surface area contributed by atoms with Crippen LogP contribution < -0.4 is 4.74 Å². The van der Waals surface area contributed by atoms with Gasteiger partial charge in [0.15, 0.2) is 15.6 Å². The standard InChI is InChI=1S/C13H25N3O4S/c1-13(2,21(6,18)19)12(17)11-10(20-5)9-14-16(11)8-7-15(3)4/h9,12,17H,7-8H2,1-6H3. The van der Waals surface area contributed by atoms with Crippen LogP contribution in [0.1, 0.15) is 25.6 Å². The van der Waals surface area contributed by atoms with Crippen molar-refractivity contribution in [2.45, 2.75) is 31.2 Å². The fourth-order valence-corrected chi connectivity index (χ4v) is 2.33. The molecule has 0 saturated carbocycles. The van der Waals surface area contributed by atoms with Crippen molar-refractivity contribution in [1.82, 2.24) is 14.7 Å². The molecular formula is C13H25N3O4S. The molecule has 0 aliphatic heterocycles. The van der Waals surface area contributed by atoms with Gasteiger partial charge in [-0.3, -0.25) is 4.68 Å². The Morgan fingerprint density at radius 1 is 1.48 bits per heavy atom. The first kappa shape index (κ1) is 17.9. The molecule has 0 fully saturated rings. The minimum Gasteiger partial charge on any atom is -0.493 e. The highest BCUT2D eigenvalue weighted by Crippen LogP contribution is 2.36. The molecule has 1 unspecified atom stereocenters. The average Bonchev–Trinajstić information content (AvgIpc) is 2.76. The van der Waals surface area contributed by atoms with Gasteiger partial charge >= 0.3 is 0 Å². The van der Waals surface area contributed by atoms with Crippen molar-refractivity contribution in [1.29, 1.82) is 0 Å². The summed E-state index contributed by atoms with van der Waals surface area (Å²) in [6.45, 7) is 4.23. The van der Waals surface area contributed by atoms with Gasteiger partial charge in [-0.1, -0.05) is 0 Å². The Morgan fingerprint density at radius 2 is 2.05 bits per heavy atom. The monoisotopic (exact) mass is 319 g/mol. The summed E-state index contributed by atoms with van der Waals surface area (Å²) in [6.07, 6.45) is 1.38. The minimum absolute atomic E-state index is 0.384. The summed E-state index contributed by atoms with van der Waals surface area (Å²) >= 11 is 0. The van der Waals surface area contributed by atoms with Crippen LogP contribution >= 0.6 is 0 Å². The van der Waals surface area contributed by atoms with Gasteiger partial charge in [0.05, 0.1) is 24.6 Å². The van der Waals surface area contributed by atoms with Crippen molar-refractivity contribution in [3.05, 3.63) is 11.9 Å². The van der Waals surface area contributed by atoms with Crippen molar-refractivity contribution >= 4 is 9.84 Å². The molecule has 0 bridgehead atoms. The minimum atomic E-state index is -3.46. The summed E-state index contributed by atoms with van der Waals surface area (Å²) < 4.78 is 29.3. The van der Waals surface area contributed by atoms with E-state index >= 15 is 0 Å². The Bertz CT molecular complexity index is 578. The van der Waals surface area contributed by atoms with E-state index < -0.39 is 20.7 Å². The molecule has 1 atom stereocenters. The lowest BCUT2D eigenvalue weighted by Crippen LogP contribution is -2.39. The molecule has 21 heavy (non-hydrogen) atoms. The number of likely N-dealkylation sites (N-methyl/N-ethyl adjacent to an activating group) is 1. The number of aliphatic hydroxyl groups is 1. The van der Waals surface area contributed by atoms with Crippen molar-refractivity contribution in [3.63, 3.8) is 0 Å². The van der Waals surface area contributed by atoms with Crippen LogP contribution in [-0.2, 0) is 16.4 Å². The third kappa shape index (κ3) is 3.75. The number of ether oxygens (including phenoxy) is 1. The molecule has 0 aliphatic carbocycles. The second kappa shape index (κ2) is 6.33. The number of hydrogen-bond donors (Lipinski definition) is 1. The van der Waals surface area contributed by atoms with Crippen molar-refractivity contribution in [2.75, 3.05) is 34.0 Å². The lowest BCUT2D eigenvalue weighted by Gasteiger charge is -2.29. The number of aliphatic hydroxyl groups excluding tert-OH is 1. The SMILES string of the molecule is COc1cnn(CCN(C)C)c1C(O)C(C)(C)S(C)(=O)=O. The van der Waals surface area contributed by atoms with Gasteiger partial charge in [-0.25, -0.2) is 8.42 Å². The zero-order valence-corrected chi connectivity index (χ0v) is 14.3. The molecule has 7 nitrogen and oxygen atoms in total. The highest BCUT2D eigenvalue weighted by atomic mass is 32.2. The average molecular weight is 319 g/mol. The normalized spacial score (nSPS) is 14.5. The number of aromatic nitrogens is 2. The van der Waals surface area contributed by atoms with Crippen LogP contribution in [0.15, 0.2) is 6.20 Å². The molecule has 0 amide bonds. The smallest absolute Gasteiger partial charge is 0.162 e. The van der Waals surface area contributed by atoms with Crippen LogP contribution in [0.2, 0.25) is 0 Å². The van der Waals surface area contributed by atoms with Crippen molar-refractivity contribution in [3.8, 4) is 5.75 Å². The molecule has 0 radical (unpaired) electrons. The number of rotatable bonds is 7. The first-order valence-corrected chi connectivity index (χ1v) is 8.53. The van der Waals surface area contributed by atoms with Crippen LogP contribution in [0.5, 0.6) is 5.75 Å². The fourth-order valence-electron chi connectivity index (χ4n) is 1.82. The van der Waals surface area contributed by atoms with Gasteiger partial charge in [-0.2, -0.15) is 5.10 Å². The Kier molecular flexibility index (Phi) is 5.40. The van der Waals surface area contributed by atoms with E-state index in [0.717, 1.165) is 6.26 Å². The maximum Gasteiger partial charge on any atom is 0.162 e. The fraction of sp³-hybridized carbons (Fsp3) is 0.769. The number of sulfone groups is 1. The van der Waals surface area contributed by atoms with Crippen LogP contribution in [0.3, 0.4) is 0 Å². The summed E-state index contributed by atoms with van der Waals surface area (Å²) in [5.74, 6) is 0.387. The molecule has 1 aromatic rings. The lowest BCUT2D eigenvalue weighted by atomic mass is 10.0. The first-order valence-electron chi connectivity index (χ1n) is 6.64. The summed E-state index contributed by atoms with van der Waals surface area (Å²) in [4.78, 5) is 1.98. The Labute approximate surface area is 126 Å². The predicted molar refractivity (Wildman–Crippen MR) is 81.2 cm³/mol. The van der Waals surface area contributed by atoms with E-state index in [9.17, 15) is 13.5 Å². The van der Waals surface area contributed by atoms with Crippen LogP contribution in [0, 0.1) is 0 Å². The van der Waals surface area contributed by atoms with Crippen LogP contribution in [-0.4, -0.2) is 67.0 Å². The quantitative estimate of drug-likeness (QED) is 0.778. The first-order chi connectivity index (χ1) is 9.52. The van der Waals surface area contributed by atoms with E-state index in [1.165, 1.54) is 27.2 Å². The van der Waals surface area contributed by atoms with E-state index in [4.69, 9.17) is 4.74 Å². The van der Waals surface area contributed by atoms with Gasteiger partial charge in [-0.05, 0) is 27.9 Å². The van der Waals surface area contributed by atoms with Crippen molar-refractivity contribution in [2.24, 2.45) is 0 Å². The molecule has 1 heterocycles. The maximum atomic E-state index is 11.9. The van der Waals surface area contributed by atoms with Gasteiger partial charge in [0.1, 0.15) is 11.8 Å². The van der Waals surface area contributed by atoms with E-state index in [1.54, 1.807) is 4.68 Å². The van der Waals surface area contributed by atoms with Gasteiger partial charge in [0, 0.05) is 12.8 Å².